The Morgan fingerprint density at radius 1 is 1.33 bits per heavy atom. The zero-order valence-electron chi connectivity index (χ0n) is 10.7. The highest BCUT2D eigenvalue weighted by atomic mass is 35.5. The molecular formula is C14H18ClN3. The van der Waals surface area contributed by atoms with Crippen LogP contribution in [0.2, 0.25) is 5.02 Å². The molecule has 0 amide bonds. The monoisotopic (exact) mass is 263 g/mol. The summed E-state index contributed by atoms with van der Waals surface area (Å²) in [4.78, 5) is 4.20. The summed E-state index contributed by atoms with van der Waals surface area (Å²) in [5.74, 6) is 0.437. The van der Waals surface area contributed by atoms with Crippen LogP contribution in [0, 0.1) is 5.92 Å². The lowest BCUT2D eigenvalue weighted by Crippen LogP contribution is -2.31. The summed E-state index contributed by atoms with van der Waals surface area (Å²) in [6, 6.07) is 7.89. The number of rotatable bonds is 4. The number of imidazole rings is 1. The smallest absolute Gasteiger partial charge is 0.0951 e. The number of hydrogen-bond donors (Lipinski definition) is 1. The van der Waals surface area contributed by atoms with Gasteiger partial charge in [-0.25, -0.2) is 4.98 Å². The molecule has 96 valence electrons. The van der Waals surface area contributed by atoms with Crippen LogP contribution in [-0.4, -0.2) is 15.6 Å². The van der Waals surface area contributed by atoms with E-state index in [-0.39, 0.29) is 6.04 Å². The lowest BCUT2D eigenvalue weighted by Gasteiger charge is -2.18. The van der Waals surface area contributed by atoms with E-state index in [4.69, 9.17) is 17.3 Å². The minimum atomic E-state index is 0.112. The van der Waals surface area contributed by atoms with E-state index in [1.165, 1.54) is 0 Å². The Morgan fingerprint density at radius 3 is 2.72 bits per heavy atom. The van der Waals surface area contributed by atoms with E-state index in [1.54, 1.807) is 6.33 Å². The highest BCUT2D eigenvalue weighted by Crippen LogP contribution is 2.27. The van der Waals surface area contributed by atoms with E-state index in [2.05, 4.69) is 23.4 Å². The van der Waals surface area contributed by atoms with Crippen LogP contribution < -0.4 is 5.73 Å². The van der Waals surface area contributed by atoms with Crippen molar-refractivity contribution < 1.29 is 0 Å². The second-order valence-corrected chi connectivity index (χ2v) is 5.23. The Labute approximate surface area is 113 Å². The van der Waals surface area contributed by atoms with Crippen molar-refractivity contribution in [3.8, 4) is 11.3 Å². The number of hydrogen-bond acceptors (Lipinski definition) is 2. The van der Waals surface area contributed by atoms with Crippen LogP contribution in [-0.2, 0) is 6.54 Å². The van der Waals surface area contributed by atoms with Crippen LogP contribution in [0.1, 0.15) is 13.8 Å². The molecule has 0 saturated heterocycles. The molecule has 1 unspecified atom stereocenters. The van der Waals surface area contributed by atoms with Gasteiger partial charge in [0.15, 0.2) is 0 Å². The Balaban J connectivity index is 2.31. The van der Waals surface area contributed by atoms with Crippen LogP contribution in [0.15, 0.2) is 36.8 Å². The van der Waals surface area contributed by atoms with Crippen LogP contribution >= 0.6 is 11.6 Å². The first-order chi connectivity index (χ1) is 8.59. The number of benzene rings is 1. The topological polar surface area (TPSA) is 43.8 Å². The highest BCUT2D eigenvalue weighted by Gasteiger charge is 2.13. The van der Waals surface area contributed by atoms with Gasteiger partial charge in [0, 0.05) is 23.2 Å². The third-order valence-corrected chi connectivity index (χ3v) is 3.46. The summed E-state index contributed by atoms with van der Waals surface area (Å²) in [5.41, 5.74) is 8.12. The lowest BCUT2D eigenvalue weighted by atomic mass is 10.1. The van der Waals surface area contributed by atoms with Gasteiger partial charge >= 0.3 is 0 Å². The van der Waals surface area contributed by atoms with E-state index in [9.17, 15) is 0 Å². The minimum absolute atomic E-state index is 0.112. The van der Waals surface area contributed by atoms with E-state index in [1.807, 2.05) is 30.5 Å². The van der Waals surface area contributed by atoms with Crippen molar-refractivity contribution in [1.29, 1.82) is 0 Å². The molecule has 2 rings (SSSR count). The van der Waals surface area contributed by atoms with Crippen molar-refractivity contribution >= 4 is 11.6 Å². The van der Waals surface area contributed by atoms with Crippen molar-refractivity contribution in [3.05, 3.63) is 41.8 Å². The second-order valence-electron chi connectivity index (χ2n) is 4.82. The number of nitrogens with zero attached hydrogens (tertiary/aromatic N) is 2. The molecular weight excluding hydrogens is 246 g/mol. The standard InChI is InChI=1S/C14H18ClN3/c1-10(2)13(16)8-18-9-17-7-14(18)11-5-3-4-6-12(11)15/h3-7,9-10,13H,8,16H2,1-2H3. The maximum absolute atomic E-state index is 6.21. The van der Waals surface area contributed by atoms with E-state index >= 15 is 0 Å². The van der Waals surface area contributed by atoms with Crippen molar-refractivity contribution in [1.82, 2.24) is 9.55 Å². The molecule has 2 N–H and O–H groups in total. The summed E-state index contributed by atoms with van der Waals surface area (Å²) >= 11 is 6.21. The van der Waals surface area contributed by atoms with Crippen LogP contribution in [0.5, 0.6) is 0 Å². The first-order valence-electron chi connectivity index (χ1n) is 6.10. The predicted molar refractivity (Wildman–Crippen MR) is 75.5 cm³/mol. The number of nitrogens with two attached hydrogens (primary N) is 1. The Bertz CT molecular complexity index is 519. The molecule has 0 bridgehead atoms. The van der Waals surface area contributed by atoms with Gasteiger partial charge in [-0.3, -0.25) is 0 Å². The maximum Gasteiger partial charge on any atom is 0.0951 e. The van der Waals surface area contributed by atoms with Crippen molar-refractivity contribution in [3.63, 3.8) is 0 Å². The molecule has 1 aromatic carbocycles. The van der Waals surface area contributed by atoms with Gasteiger partial charge in [-0.05, 0) is 12.0 Å². The van der Waals surface area contributed by atoms with Gasteiger partial charge in [0.2, 0.25) is 0 Å². The SMILES string of the molecule is CC(C)C(N)Cn1cncc1-c1ccccc1Cl. The average Bonchev–Trinajstić information content (AvgIpc) is 2.77. The molecule has 0 radical (unpaired) electrons. The fourth-order valence-electron chi connectivity index (χ4n) is 1.80. The quantitative estimate of drug-likeness (QED) is 0.921. The Morgan fingerprint density at radius 2 is 2.06 bits per heavy atom. The lowest BCUT2D eigenvalue weighted by molar-refractivity contribution is 0.435. The van der Waals surface area contributed by atoms with Crippen molar-refractivity contribution in [2.24, 2.45) is 11.7 Å². The molecule has 0 aliphatic carbocycles. The van der Waals surface area contributed by atoms with Crippen LogP contribution in [0.4, 0.5) is 0 Å². The molecule has 1 atom stereocenters. The zero-order chi connectivity index (χ0) is 13.1. The molecule has 0 fully saturated rings. The highest BCUT2D eigenvalue weighted by molar-refractivity contribution is 6.33. The molecule has 1 heterocycles. The van der Waals surface area contributed by atoms with Crippen LogP contribution in [0.3, 0.4) is 0 Å². The summed E-state index contributed by atoms with van der Waals surface area (Å²) in [6.07, 6.45) is 3.63. The van der Waals surface area contributed by atoms with Gasteiger partial charge in [0.05, 0.1) is 18.2 Å². The Kier molecular flexibility index (Phi) is 4.04. The zero-order valence-corrected chi connectivity index (χ0v) is 11.4. The maximum atomic E-state index is 6.21. The molecule has 4 heteroatoms. The van der Waals surface area contributed by atoms with E-state index < -0.39 is 0 Å². The normalized spacial score (nSPS) is 12.9. The van der Waals surface area contributed by atoms with Gasteiger partial charge in [0.25, 0.3) is 0 Å². The first kappa shape index (κ1) is 13.1. The van der Waals surface area contributed by atoms with Gasteiger partial charge in [-0.15, -0.1) is 0 Å². The molecule has 0 aliphatic rings. The second kappa shape index (κ2) is 5.55. The predicted octanol–water partition coefficient (Wildman–Crippen LogP) is 3.19. The molecule has 0 aliphatic heterocycles. The fourth-order valence-corrected chi connectivity index (χ4v) is 2.03. The van der Waals surface area contributed by atoms with Gasteiger partial charge in [-0.2, -0.15) is 0 Å². The van der Waals surface area contributed by atoms with Gasteiger partial charge in [0.1, 0.15) is 0 Å². The van der Waals surface area contributed by atoms with Gasteiger partial charge in [-0.1, -0.05) is 43.6 Å². The van der Waals surface area contributed by atoms with Crippen molar-refractivity contribution in [2.75, 3.05) is 0 Å². The minimum Gasteiger partial charge on any atom is -0.329 e. The third kappa shape index (κ3) is 2.74. The average molecular weight is 264 g/mol. The third-order valence-electron chi connectivity index (χ3n) is 3.13. The van der Waals surface area contributed by atoms with Crippen molar-refractivity contribution in [2.45, 2.75) is 26.4 Å². The van der Waals surface area contributed by atoms with E-state index in [0.717, 1.165) is 22.8 Å². The molecule has 2 aromatic rings. The molecule has 0 spiro atoms. The molecule has 1 aromatic heterocycles. The number of halogens is 1. The summed E-state index contributed by atoms with van der Waals surface area (Å²) in [5, 5.41) is 0.734. The summed E-state index contributed by atoms with van der Waals surface area (Å²) in [6.45, 7) is 4.99. The first-order valence-corrected chi connectivity index (χ1v) is 6.48. The summed E-state index contributed by atoms with van der Waals surface area (Å²) in [7, 11) is 0. The van der Waals surface area contributed by atoms with E-state index in [0.29, 0.717) is 5.92 Å². The fraction of sp³-hybridized carbons (Fsp3) is 0.357. The Hall–Kier alpha value is -1.32. The number of aromatic nitrogens is 2. The van der Waals surface area contributed by atoms with Crippen LogP contribution in [0.25, 0.3) is 11.3 Å². The molecule has 3 nitrogen and oxygen atoms in total. The summed E-state index contributed by atoms with van der Waals surface area (Å²) < 4.78 is 2.06. The van der Waals surface area contributed by atoms with Gasteiger partial charge < -0.3 is 10.3 Å². The largest absolute Gasteiger partial charge is 0.329 e. The molecule has 0 saturated carbocycles. The molecule has 18 heavy (non-hydrogen) atoms.